The number of aryl methyl sites for hydroxylation is 1. The first-order chi connectivity index (χ1) is 11.2. The molecule has 1 saturated heterocycles. The molecule has 24 heavy (non-hydrogen) atoms. The van der Waals surface area contributed by atoms with E-state index in [0.717, 1.165) is 38.6 Å². The number of guanidine groups is 1. The van der Waals surface area contributed by atoms with E-state index < -0.39 is 0 Å². The number of hydrogen-bond donors (Lipinski definition) is 2. The van der Waals surface area contributed by atoms with Crippen LogP contribution in [0.15, 0.2) is 11.2 Å². The fourth-order valence-electron chi connectivity index (χ4n) is 2.93. The van der Waals surface area contributed by atoms with Gasteiger partial charge in [0.1, 0.15) is 0 Å². The molecule has 2 rings (SSSR count). The van der Waals surface area contributed by atoms with Crippen LogP contribution < -0.4 is 10.6 Å². The first-order valence-electron chi connectivity index (χ1n) is 8.92. The number of likely N-dealkylation sites (tertiary alicyclic amines) is 1. The molecule has 1 aromatic rings. The maximum absolute atomic E-state index is 4.70. The summed E-state index contributed by atoms with van der Waals surface area (Å²) in [6, 6.07) is 0. The van der Waals surface area contributed by atoms with E-state index in [1.807, 2.05) is 17.9 Å². The summed E-state index contributed by atoms with van der Waals surface area (Å²) in [5, 5.41) is 11.0. The Hall–Kier alpha value is -0.830. The molecule has 0 atom stereocenters. The zero-order chi connectivity index (χ0) is 16.5. The fourth-order valence-corrected chi connectivity index (χ4v) is 2.93. The first-order valence-corrected chi connectivity index (χ1v) is 8.92. The molecule has 0 saturated carbocycles. The number of halogens is 1. The van der Waals surface area contributed by atoms with Crippen LogP contribution >= 0.6 is 24.0 Å². The third kappa shape index (κ3) is 6.96. The predicted molar refractivity (Wildman–Crippen MR) is 111 cm³/mol. The normalized spacial score (nSPS) is 15.9. The van der Waals surface area contributed by atoms with Crippen LogP contribution in [-0.4, -0.2) is 59.9 Å². The average Bonchev–Trinajstić information content (AvgIpc) is 2.88. The Morgan fingerprint density at radius 2 is 2.00 bits per heavy atom. The molecule has 1 aliphatic heterocycles. The van der Waals surface area contributed by atoms with Gasteiger partial charge >= 0.3 is 0 Å². The standard InChI is InChI=1S/C17H32N6.HI/c1-4-18-17(20-10-13-23-11-6-5-7-12-23)19-9-8-16-14-21-22(3)15(16)2;/h14H,4-13H2,1-3H3,(H2,18,19,20);1H. The third-order valence-electron chi connectivity index (χ3n) is 4.50. The lowest BCUT2D eigenvalue weighted by Crippen LogP contribution is -2.39. The second-order valence-corrected chi connectivity index (χ2v) is 6.22. The number of nitrogens with one attached hydrogen (secondary N) is 2. The zero-order valence-corrected chi connectivity index (χ0v) is 17.7. The largest absolute Gasteiger partial charge is 0.357 e. The van der Waals surface area contributed by atoms with Gasteiger partial charge in [0.15, 0.2) is 5.96 Å². The predicted octanol–water partition coefficient (Wildman–Crippen LogP) is 1.93. The molecular weight excluding hydrogens is 415 g/mol. The first kappa shape index (κ1) is 21.2. The van der Waals surface area contributed by atoms with Crippen molar-refractivity contribution in [1.82, 2.24) is 25.3 Å². The topological polar surface area (TPSA) is 57.5 Å². The van der Waals surface area contributed by atoms with Crippen LogP contribution in [0, 0.1) is 6.92 Å². The second kappa shape index (κ2) is 11.7. The third-order valence-corrected chi connectivity index (χ3v) is 4.50. The summed E-state index contributed by atoms with van der Waals surface area (Å²) in [5.41, 5.74) is 2.53. The minimum absolute atomic E-state index is 0. The lowest BCUT2D eigenvalue weighted by molar-refractivity contribution is 0.235. The Bertz CT molecular complexity index is 493. The molecule has 0 spiro atoms. The molecule has 7 heteroatoms. The van der Waals surface area contributed by atoms with Gasteiger partial charge in [0.2, 0.25) is 0 Å². The van der Waals surface area contributed by atoms with Crippen LogP contribution in [0.5, 0.6) is 0 Å². The molecule has 138 valence electrons. The Labute approximate surface area is 163 Å². The molecule has 1 aromatic heterocycles. The van der Waals surface area contributed by atoms with Gasteiger partial charge in [-0.3, -0.25) is 9.67 Å². The van der Waals surface area contributed by atoms with Gasteiger partial charge in [-0.15, -0.1) is 24.0 Å². The number of aromatic nitrogens is 2. The molecule has 2 heterocycles. The number of nitrogens with zero attached hydrogens (tertiary/aromatic N) is 4. The van der Waals surface area contributed by atoms with E-state index in [1.54, 1.807) is 0 Å². The van der Waals surface area contributed by atoms with E-state index in [0.29, 0.717) is 0 Å². The molecule has 1 aliphatic rings. The Morgan fingerprint density at radius 3 is 2.62 bits per heavy atom. The maximum Gasteiger partial charge on any atom is 0.191 e. The lowest BCUT2D eigenvalue weighted by Gasteiger charge is -2.25. The van der Waals surface area contributed by atoms with E-state index in [2.05, 4.69) is 34.5 Å². The molecule has 2 N–H and O–H groups in total. The molecule has 0 unspecified atom stereocenters. The van der Waals surface area contributed by atoms with Gasteiger partial charge < -0.3 is 15.5 Å². The molecule has 1 fully saturated rings. The maximum atomic E-state index is 4.70. The van der Waals surface area contributed by atoms with Crippen molar-refractivity contribution in [2.75, 3.05) is 39.3 Å². The van der Waals surface area contributed by atoms with Crippen molar-refractivity contribution in [3.05, 3.63) is 17.5 Å². The summed E-state index contributed by atoms with van der Waals surface area (Å²) < 4.78 is 1.92. The Balaban J connectivity index is 0.00000288. The van der Waals surface area contributed by atoms with Crippen molar-refractivity contribution < 1.29 is 0 Å². The fraction of sp³-hybridized carbons (Fsp3) is 0.765. The van der Waals surface area contributed by atoms with E-state index in [-0.39, 0.29) is 24.0 Å². The van der Waals surface area contributed by atoms with Gasteiger partial charge in [0, 0.05) is 32.4 Å². The number of hydrogen-bond acceptors (Lipinski definition) is 3. The van der Waals surface area contributed by atoms with Crippen molar-refractivity contribution in [3.63, 3.8) is 0 Å². The highest BCUT2D eigenvalue weighted by atomic mass is 127. The quantitative estimate of drug-likeness (QED) is 0.380. The Kier molecular flexibility index (Phi) is 10.3. The van der Waals surface area contributed by atoms with Crippen LogP contribution in [0.1, 0.15) is 37.4 Å². The van der Waals surface area contributed by atoms with Gasteiger partial charge in [0.25, 0.3) is 0 Å². The minimum Gasteiger partial charge on any atom is -0.357 e. The number of rotatable bonds is 7. The highest BCUT2D eigenvalue weighted by Crippen LogP contribution is 2.07. The van der Waals surface area contributed by atoms with Crippen LogP contribution in [-0.2, 0) is 13.5 Å². The molecule has 0 aliphatic carbocycles. The summed E-state index contributed by atoms with van der Waals surface area (Å²) in [4.78, 5) is 7.22. The SMILES string of the molecule is CCNC(=NCCN1CCCCC1)NCCc1cnn(C)c1C.I. The van der Waals surface area contributed by atoms with E-state index >= 15 is 0 Å². The average molecular weight is 448 g/mol. The summed E-state index contributed by atoms with van der Waals surface area (Å²) in [6.07, 6.45) is 6.99. The number of piperidine rings is 1. The number of aliphatic imine (C=N–C) groups is 1. The van der Waals surface area contributed by atoms with Crippen molar-refractivity contribution in [1.29, 1.82) is 0 Å². The summed E-state index contributed by atoms with van der Waals surface area (Å²) in [6.45, 7) is 10.4. The summed E-state index contributed by atoms with van der Waals surface area (Å²) in [7, 11) is 1.98. The summed E-state index contributed by atoms with van der Waals surface area (Å²) >= 11 is 0. The van der Waals surface area contributed by atoms with Crippen LogP contribution in [0.4, 0.5) is 0 Å². The second-order valence-electron chi connectivity index (χ2n) is 6.22. The van der Waals surface area contributed by atoms with Crippen molar-refractivity contribution in [2.24, 2.45) is 12.0 Å². The smallest absolute Gasteiger partial charge is 0.191 e. The van der Waals surface area contributed by atoms with E-state index in [1.165, 1.54) is 43.6 Å². The molecule has 6 nitrogen and oxygen atoms in total. The highest BCUT2D eigenvalue weighted by Gasteiger charge is 2.09. The van der Waals surface area contributed by atoms with E-state index in [4.69, 9.17) is 4.99 Å². The minimum atomic E-state index is 0. The molecular formula is C17H33IN6. The zero-order valence-electron chi connectivity index (χ0n) is 15.3. The molecule has 0 aromatic carbocycles. The monoisotopic (exact) mass is 448 g/mol. The van der Waals surface area contributed by atoms with Crippen LogP contribution in [0.3, 0.4) is 0 Å². The van der Waals surface area contributed by atoms with Gasteiger partial charge in [-0.2, -0.15) is 5.10 Å². The van der Waals surface area contributed by atoms with Crippen molar-refractivity contribution in [3.8, 4) is 0 Å². The lowest BCUT2D eigenvalue weighted by atomic mass is 10.1. The van der Waals surface area contributed by atoms with Crippen molar-refractivity contribution >= 4 is 29.9 Å². The Morgan fingerprint density at radius 1 is 1.25 bits per heavy atom. The highest BCUT2D eigenvalue weighted by molar-refractivity contribution is 14.0. The van der Waals surface area contributed by atoms with E-state index in [9.17, 15) is 0 Å². The molecule has 0 amide bonds. The van der Waals surface area contributed by atoms with Gasteiger partial charge in [-0.25, -0.2) is 0 Å². The molecule has 0 bridgehead atoms. The summed E-state index contributed by atoms with van der Waals surface area (Å²) in [5.74, 6) is 0.922. The van der Waals surface area contributed by atoms with Crippen LogP contribution in [0.2, 0.25) is 0 Å². The molecule has 0 radical (unpaired) electrons. The van der Waals surface area contributed by atoms with Crippen molar-refractivity contribution in [2.45, 2.75) is 39.5 Å². The van der Waals surface area contributed by atoms with Gasteiger partial charge in [-0.05, 0) is 51.8 Å². The van der Waals surface area contributed by atoms with Crippen LogP contribution in [0.25, 0.3) is 0 Å². The van der Waals surface area contributed by atoms with Gasteiger partial charge in [-0.1, -0.05) is 6.42 Å². The van der Waals surface area contributed by atoms with Gasteiger partial charge in [0.05, 0.1) is 12.7 Å².